The van der Waals surface area contributed by atoms with Gasteiger partial charge in [0.2, 0.25) is 0 Å². The number of anilines is 1. The zero-order chi connectivity index (χ0) is 13.8. The summed E-state index contributed by atoms with van der Waals surface area (Å²) >= 11 is 6.03. The largest absolute Gasteiger partial charge is 0.496 e. The van der Waals surface area contributed by atoms with Crippen LogP contribution < -0.4 is 10.1 Å². The Bertz CT molecular complexity index is 581. The fourth-order valence-electron chi connectivity index (χ4n) is 2.02. The summed E-state index contributed by atoms with van der Waals surface area (Å²) in [6.45, 7) is 4.92. The van der Waals surface area contributed by atoms with Crippen LogP contribution in [0.15, 0.2) is 36.4 Å². The van der Waals surface area contributed by atoms with Crippen molar-refractivity contribution in [1.82, 2.24) is 0 Å². The van der Waals surface area contributed by atoms with Gasteiger partial charge < -0.3 is 10.1 Å². The van der Waals surface area contributed by atoms with Crippen molar-refractivity contribution in [2.45, 2.75) is 20.4 Å². The molecule has 3 heteroatoms. The minimum atomic E-state index is 0.689. The lowest BCUT2D eigenvalue weighted by molar-refractivity contribution is 0.410. The van der Waals surface area contributed by atoms with Gasteiger partial charge in [-0.25, -0.2) is 0 Å². The van der Waals surface area contributed by atoms with E-state index < -0.39 is 0 Å². The Hall–Kier alpha value is -1.67. The molecule has 100 valence electrons. The van der Waals surface area contributed by atoms with Crippen molar-refractivity contribution in [3.05, 3.63) is 58.1 Å². The van der Waals surface area contributed by atoms with Gasteiger partial charge in [0.25, 0.3) is 0 Å². The van der Waals surface area contributed by atoms with Crippen LogP contribution in [-0.2, 0) is 6.54 Å². The molecule has 0 amide bonds. The highest BCUT2D eigenvalue weighted by molar-refractivity contribution is 6.30. The molecule has 2 aromatic rings. The fraction of sp³-hybridized carbons (Fsp3) is 0.250. The quantitative estimate of drug-likeness (QED) is 0.882. The van der Waals surface area contributed by atoms with E-state index in [4.69, 9.17) is 16.3 Å². The van der Waals surface area contributed by atoms with Crippen molar-refractivity contribution in [3.63, 3.8) is 0 Å². The van der Waals surface area contributed by atoms with Crippen LogP contribution in [0.5, 0.6) is 5.75 Å². The molecule has 2 nitrogen and oxygen atoms in total. The number of ether oxygens (including phenoxy) is 1. The third-order valence-electron chi connectivity index (χ3n) is 3.32. The molecule has 19 heavy (non-hydrogen) atoms. The highest BCUT2D eigenvalue weighted by Gasteiger charge is 2.05. The minimum Gasteiger partial charge on any atom is -0.496 e. The number of halogens is 1. The first-order chi connectivity index (χ1) is 9.11. The predicted molar refractivity (Wildman–Crippen MR) is 81.2 cm³/mol. The van der Waals surface area contributed by atoms with E-state index in [1.54, 1.807) is 7.11 Å². The maximum absolute atomic E-state index is 6.03. The Morgan fingerprint density at radius 2 is 1.95 bits per heavy atom. The van der Waals surface area contributed by atoms with Gasteiger partial charge in [-0.2, -0.15) is 0 Å². The van der Waals surface area contributed by atoms with Crippen molar-refractivity contribution in [2.75, 3.05) is 12.4 Å². The van der Waals surface area contributed by atoms with E-state index in [-0.39, 0.29) is 0 Å². The number of methoxy groups -OCH3 is 1. The summed E-state index contributed by atoms with van der Waals surface area (Å²) in [5.74, 6) is 0.849. The minimum absolute atomic E-state index is 0.689. The van der Waals surface area contributed by atoms with Gasteiger partial charge in [0.1, 0.15) is 5.75 Å². The molecule has 0 saturated heterocycles. The molecule has 1 N–H and O–H groups in total. The van der Waals surface area contributed by atoms with Gasteiger partial charge in [0.15, 0.2) is 0 Å². The topological polar surface area (TPSA) is 21.3 Å². The van der Waals surface area contributed by atoms with E-state index >= 15 is 0 Å². The first kappa shape index (κ1) is 13.8. The Morgan fingerprint density at radius 3 is 2.68 bits per heavy atom. The first-order valence-corrected chi connectivity index (χ1v) is 6.62. The molecular weight excluding hydrogens is 258 g/mol. The molecular formula is C16H18ClNO. The van der Waals surface area contributed by atoms with Crippen LogP contribution >= 0.6 is 11.6 Å². The molecule has 0 heterocycles. The normalized spacial score (nSPS) is 10.3. The number of nitrogens with one attached hydrogen (secondary N) is 1. The molecule has 0 fully saturated rings. The van der Waals surface area contributed by atoms with Crippen LogP contribution in [-0.4, -0.2) is 7.11 Å². The molecule has 0 atom stereocenters. The summed E-state index contributed by atoms with van der Waals surface area (Å²) in [6, 6.07) is 11.9. The van der Waals surface area contributed by atoms with Gasteiger partial charge >= 0.3 is 0 Å². The van der Waals surface area contributed by atoms with Crippen LogP contribution in [0.1, 0.15) is 16.7 Å². The van der Waals surface area contributed by atoms with Gasteiger partial charge in [0, 0.05) is 22.8 Å². The lowest BCUT2D eigenvalue weighted by atomic mass is 10.1. The maximum atomic E-state index is 6.03. The SMILES string of the molecule is COc1ccc(Cl)cc1CNc1cccc(C)c1C. The Labute approximate surface area is 119 Å². The molecule has 0 aliphatic carbocycles. The summed E-state index contributed by atoms with van der Waals surface area (Å²) in [6.07, 6.45) is 0. The first-order valence-electron chi connectivity index (χ1n) is 6.24. The summed E-state index contributed by atoms with van der Waals surface area (Å²) in [5, 5.41) is 4.15. The van der Waals surface area contributed by atoms with Crippen LogP contribution in [0.2, 0.25) is 5.02 Å². The van der Waals surface area contributed by atoms with E-state index in [0.29, 0.717) is 6.54 Å². The second-order valence-electron chi connectivity index (χ2n) is 4.56. The molecule has 2 rings (SSSR count). The van der Waals surface area contributed by atoms with Crippen LogP contribution in [0.25, 0.3) is 0 Å². The van der Waals surface area contributed by atoms with Gasteiger partial charge in [-0.05, 0) is 49.2 Å². The van der Waals surface area contributed by atoms with Crippen LogP contribution in [0, 0.1) is 13.8 Å². The highest BCUT2D eigenvalue weighted by atomic mass is 35.5. The molecule has 0 aromatic heterocycles. The van der Waals surface area contributed by atoms with Crippen molar-refractivity contribution >= 4 is 17.3 Å². The van der Waals surface area contributed by atoms with E-state index in [9.17, 15) is 0 Å². The average molecular weight is 276 g/mol. The molecule has 0 spiro atoms. The molecule has 0 aliphatic heterocycles. The number of rotatable bonds is 4. The lowest BCUT2D eigenvalue weighted by Crippen LogP contribution is -2.03. The van der Waals surface area contributed by atoms with E-state index in [1.165, 1.54) is 11.1 Å². The third-order valence-corrected chi connectivity index (χ3v) is 3.55. The predicted octanol–water partition coefficient (Wildman–Crippen LogP) is 4.58. The van der Waals surface area contributed by atoms with Gasteiger partial charge in [-0.1, -0.05) is 23.7 Å². The molecule has 0 unspecified atom stereocenters. The fourth-order valence-corrected chi connectivity index (χ4v) is 2.21. The molecule has 0 bridgehead atoms. The molecule has 0 radical (unpaired) electrons. The van der Waals surface area contributed by atoms with Crippen LogP contribution in [0.4, 0.5) is 5.69 Å². The summed E-state index contributed by atoms with van der Waals surface area (Å²) in [7, 11) is 1.67. The van der Waals surface area contributed by atoms with Gasteiger partial charge in [-0.3, -0.25) is 0 Å². The van der Waals surface area contributed by atoms with Crippen LogP contribution in [0.3, 0.4) is 0 Å². The summed E-state index contributed by atoms with van der Waals surface area (Å²) in [4.78, 5) is 0. The molecule has 0 saturated carbocycles. The molecule has 0 aliphatic rings. The lowest BCUT2D eigenvalue weighted by Gasteiger charge is -2.13. The summed E-state index contributed by atoms with van der Waals surface area (Å²) in [5.41, 5.74) is 4.74. The van der Waals surface area contributed by atoms with Crippen molar-refractivity contribution in [2.24, 2.45) is 0 Å². The second-order valence-corrected chi connectivity index (χ2v) is 4.99. The second kappa shape index (κ2) is 5.98. The zero-order valence-electron chi connectivity index (χ0n) is 11.5. The maximum Gasteiger partial charge on any atom is 0.123 e. The highest BCUT2D eigenvalue weighted by Crippen LogP contribution is 2.25. The number of hydrogen-bond acceptors (Lipinski definition) is 2. The zero-order valence-corrected chi connectivity index (χ0v) is 12.2. The van der Waals surface area contributed by atoms with E-state index in [2.05, 4.69) is 37.4 Å². The Kier molecular flexibility index (Phi) is 4.33. The van der Waals surface area contributed by atoms with Crippen molar-refractivity contribution in [3.8, 4) is 5.75 Å². The van der Waals surface area contributed by atoms with Gasteiger partial charge in [0.05, 0.1) is 7.11 Å². The summed E-state index contributed by atoms with van der Waals surface area (Å²) < 4.78 is 5.34. The smallest absolute Gasteiger partial charge is 0.123 e. The third kappa shape index (κ3) is 3.21. The number of hydrogen-bond donors (Lipinski definition) is 1. The van der Waals surface area contributed by atoms with Gasteiger partial charge in [-0.15, -0.1) is 0 Å². The monoisotopic (exact) mass is 275 g/mol. The Balaban J connectivity index is 2.18. The van der Waals surface area contributed by atoms with Crippen molar-refractivity contribution < 1.29 is 4.74 Å². The number of aryl methyl sites for hydroxylation is 1. The van der Waals surface area contributed by atoms with E-state index in [0.717, 1.165) is 22.0 Å². The number of benzene rings is 2. The van der Waals surface area contributed by atoms with E-state index in [1.807, 2.05) is 18.2 Å². The average Bonchev–Trinajstić information content (AvgIpc) is 2.40. The van der Waals surface area contributed by atoms with Crippen molar-refractivity contribution in [1.29, 1.82) is 0 Å². The molecule has 2 aromatic carbocycles. The Morgan fingerprint density at radius 1 is 1.16 bits per heavy atom. The standard InChI is InChI=1S/C16H18ClNO/c1-11-5-4-6-15(12(11)2)18-10-13-9-14(17)7-8-16(13)19-3/h4-9,18H,10H2,1-3H3.